The first-order valence-corrected chi connectivity index (χ1v) is 4.95. The van der Waals surface area contributed by atoms with E-state index >= 15 is 0 Å². The Balaban J connectivity index is 2.49. The van der Waals surface area contributed by atoms with Gasteiger partial charge in [-0.3, -0.25) is 0 Å². The first-order valence-electron chi connectivity index (χ1n) is 4.19. The predicted molar refractivity (Wildman–Crippen MR) is 56.4 cm³/mol. The molecule has 3 nitrogen and oxygen atoms in total. The van der Waals surface area contributed by atoms with Crippen molar-refractivity contribution in [2.24, 2.45) is 0 Å². The van der Waals surface area contributed by atoms with E-state index in [1.165, 1.54) is 0 Å². The van der Waals surface area contributed by atoms with Gasteiger partial charge in [0.15, 0.2) is 5.75 Å². The summed E-state index contributed by atoms with van der Waals surface area (Å²) < 4.78 is 5.35. The van der Waals surface area contributed by atoms with E-state index < -0.39 is 0 Å². The zero-order chi connectivity index (χ0) is 10.4. The van der Waals surface area contributed by atoms with Crippen molar-refractivity contribution in [2.45, 2.75) is 6.42 Å². The van der Waals surface area contributed by atoms with Gasteiger partial charge in [-0.25, -0.2) is 5.48 Å². The summed E-state index contributed by atoms with van der Waals surface area (Å²) in [6.45, 7) is 0.930. The first-order chi connectivity index (χ1) is 6.75. The van der Waals surface area contributed by atoms with E-state index in [9.17, 15) is 0 Å². The molecule has 0 aliphatic heterocycles. The van der Waals surface area contributed by atoms with Crippen LogP contribution in [0.3, 0.4) is 0 Å². The van der Waals surface area contributed by atoms with Crippen LogP contribution >= 0.6 is 23.2 Å². The van der Waals surface area contributed by atoms with Crippen LogP contribution in [0.15, 0.2) is 18.2 Å². The molecular weight excluding hydrogens is 225 g/mol. The summed E-state index contributed by atoms with van der Waals surface area (Å²) in [5.41, 5.74) is 2.04. The topological polar surface area (TPSA) is 41.5 Å². The molecule has 0 spiro atoms. The Kier molecular flexibility index (Phi) is 5.04. The molecule has 0 heterocycles. The van der Waals surface area contributed by atoms with Crippen LogP contribution in [0.5, 0.6) is 5.75 Å². The van der Waals surface area contributed by atoms with Crippen LogP contribution in [0.4, 0.5) is 0 Å². The fraction of sp³-hybridized carbons (Fsp3) is 0.333. The molecule has 0 atom stereocenters. The Morgan fingerprint density at radius 3 is 2.50 bits per heavy atom. The average Bonchev–Trinajstić information content (AvgIpc) is 2.16. The van der Waals surface area contributed by atoms with Crippen LogP contribution < -0.4 is 10.2 Å². The molecule has 0 fully saturated rings. The third kappa shape index (κ3) is 3.35. The number of para-hydroxylation sites is 1. The van der Waals surface area contributed by atoms with Crippen molar-refractivity contribution in [1.82, 2.24) is 5.48 Å². The van der Waals surface area contributed by atoms with E-state index in [0.29, 0.717) is 35.4 Å². The molecule has 0 aliphatic rings. The summed E-state index contributed by atoms with van der Waals surface area (Å²) in [7, 11) is 0. The summed E-state index contributed by atoms with van der Waals surface area (Å²) in [6.07, 6.45) is 0.679. The Morgan fingerprint density at radius 1 is 1.29 bits per heavy atom. The van der Waals surface area contributed by atoms with Crippen molar-refractivity contribution in [3.05, 3.63) is 28.2 Å². The fourth-order valence-corrected chi connectivity index (χ4v) is 1.45. The Labute approximate surface area is 92.5 Å². The number of rotatable bonds is 5. The van der Waals surface area contributed by atoms with E-state index in [1.54, 1.807) is 18.2 Å². The third-order valence-corrected chi connectivity index (χ3v) is 2.19. The van der Waals surface area contributed by atoms with Crippen molar-refractivity contribution in [3.63, 3.8) is 0 Å². The van der Waals surface area contributed by atoms with Gasteiger partial charge in [0.25, 0.3) is 0 Å². The van der Waals surface area contributed by atoms with Gasteiger partial charge in [0.05, 0.1) is 16.7 Å². The Bertz CT molecular complexity index is 274. The summed E-state index contributed by atoms with van der Waals surface area (Å²) in [5.74, 6) is 0.494. The highest BCUT2D eigenvalue weighted by Crippen LogP contribution is 2.32. The van der Waals surface area contributed by atoms with Gasteiger partial charge >= 0.3 is 0 Å². The lowest BCUT2D eigenvalue weighted by atomic mass is 10.3. The quantitative estimate of drug-likeness (QED) is 0.610. The molecule has 14 heavy (non-hydrogen) atoms. The maximum Gasteiger partial charge on any atom is 0.156 e. The van der Waals surface area contributed by atoms with Crippen LogP contribution in [0.1, 0.15) is 6.42 Å². The number of ether oxygens (including phenoxy) is 1. The Morgan fingerprint density at radius 2 is 1.93 bits per heavy atom. The molecule has 0 bridgehead atoms. The number of hydrogen-bond donors (Lipinski definition) is 2. The van der Waals surface area contributed by atoms with Crippen molar-refractivity contribution < 1.29 is 9.94 Å². The molecule has 0 saturated heterocycles. The van der Waals surface area contributed by atoms with Crippen LogP contribution in [-0.2, 0) is 0 Å². The van der Waals surface area contributed by atoms with Gasteiger partial charge in [-0.05, 0) is 18.6 Å². The molecule has 2 N–H and O–H groups in total. The number of hydrogen-bond acceptors (Lipinski definition) is 3. The van der Waals surface area contributed by atoms with Crippen LogP contribution in [0.2, 0.25) is 10.0 Å². The zero-order valence-electron chi connectivity index (χ0n) is 7.46. The van der Waals surface area contributed by atoms with Crippen molar-refractivity contribution in [1.29, 1.82) is 0 Å². The summed E-state index contributed by atoms with van der Waals surface area (Å²) >= 11 is 11.7. The van der Waals surface area contributed by atoms with Crippen LogP contribution in [0, 0.1) is 0 Å². The fourth-order valence-electron chi connectivity index (χ4n) is 0.946. The first kappa shape index (κ1) is 11.6. The molecule has 5 heteroatoms. The Hall–Kier alpha value is -0.480. The van der Waals surface area contributed by atoms with E-state index in [2.05, 4.69) is 0 Å². The highest BCUT2D eigenvalue weighted by molar-refractivity contribution is 6.37. The smallest absolute Gasteiger partial charge is 0.156 e. The lowest BCUT2D eigenvalue weighted by Crippen LogP contribution is -2.12. The van der Waals surface area contributed by atoms with Gasteiger partial charge in [0, 0.05) is 6.54 Å². The summed E-state index contributed by atoms with van der Waals surface area (Å²) in [4.78, 5) is 0. The number of nitrogens with one attached hydrogen (secondary N) is 1. The molecule has 1 rings (SSSR count). The van der Waals surface area contributed by atoms with E-state index in [-0.39, 0.29) is 0 Å². The molecule has 1 aromatic carbocycles. The summed E-state index contributed by atoms with van der Waals surface area (Å²) in [5, 5.41) is 9.30. The molecule has 78 valence electrons. The van der Waals surface area contributed by atoms with Crippen LogP contribution in [-0.4, -0.2) is 18.4 Å². The second kappa shape index (κ2) is 6.09. The SMILES string of the molecule is ONCCCOc1c(Cl)cccc1Cl. The van der Waals surface area contributed by atoms with E-state index in [1.807, 2.05) is 5.48 Å². The molecule has 1 aromatic rings. The lowest BCUT2D eigenvalue weighted by Gasteiger charge is -2.08. The minimum Gasteiger partial charge on any atom is -0.490 e. The van der Waals surface area contributed by atoms with E-state index in [0.717, 1.165) is 0 Å². The standard InChI is InChI=1S/C9H11Cl2NO2/c10-7-3-1-4-8(11)9(7)14-6-2-5-12-13/h1,3-4,12-13H,2,5-6H2. The second-order valence-electron chi connectivity index (χ2n) is 2.66. The normalized spacial score (nSPS) is 10.2. The largest absolute Gasteiger partial charge is 0.490 e. The molecular formula is C9H11Cl2NO2. The molecule has 0 saturated carbocycles. The second-order valence-corrected chi connectivity index (χ2v) is 3.48. The maximum atomic E-state index is 8.31. The predicted octanol–water partition coefficient (Wildman–Crippen LogP) is 2.74. The van der Waals surface area contributed by atoms with Crippen LogP contribution in [0.25, 0.3) is 0 Å². The average molecular weight is 236 g/mol. The number of halogens is 2. The minimum absolute atomic E-state index is 0.455. The summed E-state index contributed by atoms with van der Waals surface area (Å²) in [6, 6.07) is 5.19. The lowest BCUT2D eigenvalue weighted by molar-refractivity contribution is 0.157. The molecule has 0 radical (unpaired) electrons. The molecule has 0 aromatic heterocycles. The van der Waals surface area contributed by atoms with Gasteiger partial charge < -0.3 is 9.94 Å². The van der Waals surface area contributed by atoms with Crippen molar-refractivity contribution >= 4 is 23.2 Å². The van der Waals surface area contributed by atoms with Gasteiger partial charge in [0.2, 0.25) is 0 Å². The monoisotopic (exact) mass is 235 g/mol. The molecule has 0 amide bonds. The maximum absolute atomic E-state index is 8.31. The van der Waals surface area contributed by atoms with Crippen molar-refractivity contribution in [2.75, 3.05) is 13.2 Å². The minimum atomic E-state index is 0.455. The van der Waals surface area contributed by atoms with Gasteiger partial charge in [-0.15, -0.1) is 0 Å². The molecule has 0 aliphatic carbocycles. The van der Waals surface area contributed by atoms with Gasteiger partial charge in [0.1, 0.15) is 0 Å². The van der Waals surface area contributed by atoms with E-state index in [4.69, 9.17) is 33.1 Å². The van der Waals surface area contributed by atoms with Gasteiger partial charge in [-0.1, -0.05) is 29.3 Å². The zero-order valence-corrected chi connectivity index (χ0v) is 8.98. The highest BCUT2D eigenvalue weighted by Gasteiger charge is 2.05. The number of hydroxylamine groups is 1. The molecule has 0 unspecified atom stereocenters. The van der Waals surface area contributed by atoms with Crippen molar-refractivity contribution in [3.8, 4) is 5.75 Å². The highest BCUT2D eigenvalue weighted by atomic mass is 35.5. The van der Waals surface area contributed by atoms with Gasteiger partial charge in [-0.2, -0.15) is 0 Å². The third-order valence-electron chi connectivity index (χ3n) is 1.60. The number of benzene rings is 1.